The van der Waals surface area contributed by atoms with Crippen LogP contribution in [0.3, 0.4) is 0 Å². The van der Waals surface area contributed by atoms with Gasteiger partial charge in [-0.05, 0) is 42.0 Å². The second-order valence-corrected chi connectivity index (χ2v) is 6.27. The molecule has 0 saturated carbocycles. The number of allylic oxidation sites excluding steroid dienone is 1. The van der Waals surface area contributed by atoms with Crippen molar-refractivity contribution in [2.24, 2.45) is 0 Å². The minimum Gasteiger partial charge on any atom is -0.423 e. The number of nitrogens with zero attached hydrogens (tertiary/aromatic N) is 1. The van der Waals surface area contributed by atoms with Gasteiger partial charge in [-0.25, -0.2) is 4.79 Å². The maximum atomic E-state index is 12.4. The number of carbonyl (C=O) groups is 2. The fraction of sp³-hybridized carbons (Fsp3) is 0. The van der Waals surface area contributed by atoms with Crippen LogP contribution in [-0.4, -0.2) is 11.8 Å². The number of nitriles is 1. The molecule has 4 nitrogen and oxygen atoms in total. The molecule has 3 rings (SSSR count). The van der Waals surface area contributed by atoms with Crippen LogP contribution in [0.4, 0.5) is 0 Å². The van der Waals surface area contributed by atoms with Gasteiger partial charge in [0, 0.05) is 10.6 Å². The maximum Gasteiger partial charge on any atom is 0.343 e. The molecule has 0 spiro atoms. The lowest BCUT2D eigenvalue weighted by molar-refractivity contribution is 0.0734. The van der Waals surface area contributed by atoms with Crippen LogP contribution in [0.5, 0.6) is 5.75 Å². The van der Waals surface area contributed by atoms with Gasteiger partial charge in [0.2, 0.25) is 5.78 Å². The van der Waals surface area contributed by atoms with E-state index in [0.29, 0.717) is 27.5 Å². The Balaban J connectivity index is 1.74. The molecule has 0 radical (unpaired) electrons. The standard InChI is InChI=1S/C23H14ClNO3/c24-20-8-4-7-18(14-20)23(27)28-21-11-9-16(10-12-21)13-19(15-25)22(26)17-5-2-1-3-6-17/h1-14H/b19-13+. The molecule has 0 aromatic heterocycles. The fourth-order valence-electron chi connectivity index (χ4n) is 2.47. The molecule has 0 fully saturated rings. The van der Waals surface area contributed by atoms with Crippen molar-refractivity contribution in [3.63, 3.8) is 0 Å². The van der Waals surface area contributed by atoms with Crippen molar-refractivity contribution in [3.05, 3.63) is 106 Å². The Morgan fingerprint density at radius 3 is 2.21 bits per heavy atom. The van der Waals surface area contributed by atoms with E-state index in [1.807, 2.05) is 6.07 Å². The maximum absolute atomic E-state index is 12.4. The first kappa shape index (κ1) is 19.1. The van der Waals surface area contributed by atoms with E-state index in [1.54, 1.807) is 72.8 Å². The summed E-state index contributed by atoms with van der Waals surface area (Å²) in [5.41, 5.74) is 1.46. The SMILES string of the molecule is N#C/C(=C\c1ccc(OC(=O)c2cccc(Cl)c2)cc1)C(=O)c1ccccc1. The minimum absolute atomic E-state index is 0.0230. The third-order valence-electron chi connectivity index (χ3n) is 3.86. The molecule has 0 N–H and O–H groups in total. The van der Waals surface area contributed by atoms with E-state index in [-0.39, 0.29) is 11.4 Å². The summed E-state index contributed by atoms with van der Waals surface area (Å²) in [6, 6.07) is 23.5. The van der Waals surface area contributed by atoms with Crippen molar-refractivity contribution >= 4 is 29.4 Å². The monoisotopic (exact) mass is 387 g/mol. The largest absolute Gasteiger partial charge is 0.423 e. The molecule has 0 aliphatic carbocycles. The van der Waals surface area contributed by atoms with Gasteiger partial charge in [-0.1, -0.05) is 60.1 Å². The van der Waals surface area contributed by atoms with Crippen LogP contribution in [-0.2, 0) is 0 Å². The van der Waals surface area contributed by atoms with Crippen molar-refractivity contribution in [2.75, 3.05) is 0 Å². The summed E-state index contributed by atoms with van der Waals surface area (Å²) in [6.45, 7) is 0. The number of esters is 1. The molecular weight excluding hydrogens is 374 g/mol. The molecule has 0 heterocycles. The normalized spacial score (nSPS) is 10.8. The quantitative estimate of drug-likeness (QED) is 0.194. The summed E-state index contributed by atoms with van der Waals surface area (Å²) < 4.78 is 5.31. The lowest BCUT2D eigenvalue weighted by Crippen LogP contribution is -2.08. The second-order valence-electron chi connectivity index (χ2n) is 5.83. The van der Waals surface area contributed by atoms with Gasteiger partial charge in [0.15, 0.2) is 0 Å². The highest BCUT2D eigenvalue weighted by Gasteiger charge is 2.12. The van der Waals surface area contributed by atoms with Gasteiger partial charge in [0.05, 0.1) is 5.56 Å². The van der Waals surface area contributed by atoms with Gasteiger partial charge in [-0.3, -0.25) is 4.79 Å². The van der Waals surface area contributed by atoms with Gasteiger partial charge >= 0.3 is 5.97 Å². The Morgan fingerprint density at radius 2 is 1.57 bits per heavy atom. The average molecular weight is 388 g/mol. The zero-order valence-corrected chi connectivity index (χ0v) is 15.4. The zero-order chi connectivity index (χ0) is 19.9. The van der Waals surface area contributed by atoms with E-state index in [9.17, 15) is 14.9 Å². The van der Waals surface area contributed by atoms with Crippen molar-refractivity contribution in [1.82, 2.24) is 0 Å². The number of carbonyl (C=O) groups excluding carboxylic acids is 2. The van der Waals surface area contributed by atoms with Gasteiger partial charge in [0.1, 0.15) is 17.4 Å². The predicted molar refractivity (Wildman–Crippen MR) is 107 cm³/mol. The summed E-state index contributed by atoms with van der Waals surface area (Å²) in [5, 5.41) is 9.77. The van der Waals surface area contributed by atoms with E-state index in [4.69, 9.17) is 16.3 Å². The number of ketones is 1. The first-order valence-corrected chi connectivity index (χ1v) is 8.74. The predicted octanol–water partition coefficient (Wildman–Crippen LogP) is 5.35. The lowest BCUT2D eigenvalue weighted by atomic mass is 10.0. The highest BCUT2D eigenvalue weighted by atomic mass is 35.5. The van der Waals surface area contributed by atoms with Gasteiger partial charge in [-0.15, -0.1) is 0 Å². The summed E-state index contributed by atoms with van der Waals surface area (Å²) in [4.78, 5) is 24.5. The summed E-state index contributed by atoms with van der Waals surface area (Å²) in [7, 11) is 0. The zero-order valence-electron chi connectivity index (χ0n) is 14.6. The first-order valence-electron chi connectivity index (χ1n) is 8.36. The molecule has 0 amide bonds. The second kappa shape index (κ2) is 8.81. The van der Waals surface area contributed by atoms with Crippen LogP contribution in [0.1, 0.15) is 26.3 Å². The molecule has 3 aromatic carbocycles. The molecule has 0 aliphatic rings. The molecule has 5 heteroatoms. The van der Waals surface area contributed by atoms with E-state index < -0.39 is 5.97 Å². The number of benzene rings is 3. The number of rotatable bonds is 5. The highest BCUT2D eigenvalue weighted by Crippen LogP contribution is 2.18. The summed E-state index contributed by atoms with van der Waals surface area (Å²) >= 11 is 5.88. The fourth-order valence-corrected chi connectivity index (χ4v) is 2.66. The average Bonchev–Trinajstić information content (AvgIpc) is 2.73. The minimum atomic E-state index is -0.525. The lowest BCUT2D eigenvalue weighted by Gasteiger charge is -2.05. The topological polar surface area (TPSA) is 67.2 Å². The molecular formula is C23H14ClNO3. The smallest absolute Gasteiger partial charge is 0.343 e. The third kappa shape index (κ3) is 4.73. The Hall–Kier alpha value is -3.68. The molecule has 0 atom stereocenters. The van der Waals surface area contributed by atoms with Crippen LogP contribution in [0.2, 0.25) is 5.02 Å². The summed E-state index contributed by atoms with van der Waals surface area (Å²) in [6.07, 6.45) is 1.50. The number of halogens is 1. The number of hydrogen-bond donors (Lipinski definition) is 0. The Morgan fingerprint density at radius 1 is 0.893 bits per heavy atom. The Labute approximate surface area is 167 Å². The molecule has 0 saturated heterocycles. The Kier molecular flexibility index (Phi) is 6.01. The molecule has 0 aliphatic heterocycles. The number of hydrogen-bond acceptors (Lipinski definition) is 4. The van der Waals surface area contributed by atoms with E-state index in [0.717, 1.165) is 0 Å². The van der Waals surface area contributed by atoms with Crippen molar-refractivity contribution in [1.29, 1.82) is 5.26 Å². The number of Topliss-reactive ketones (excluding diaryl/α,β-unsaturated/α-hetero) is 1. The van der Waals surface area contributed by atoms with Crippen molar-refractivity contribution in [3.8, 4) is 11.8 Å². The van der Waals surface area contributed by atoms with Crippen molar-refractivity contribution < 1.29 is 14.3 Å². The van der Waals surface area contributed by atoms with E-state index >= 15 is 0 Å². The van der Waals surface area contributed by atoms with E-state index in [1.165, 1.54) is 12.1 Å². The third-order valence-corrected chi connectivity index (χ3v) is 4.10. The van der Waals surface area contributed by atoms with Crippen molar-refractivity contribution in [2.45, 2.75) is 0 Å². The number of ether oxygens (including phenoxy) is 1. The molecule has 28 heavy (non-hydrogen) atoms. The first-order chi connectivity index (χ1) is 13.6. The van der Waals surface area contributed by atoms with Crippen LogP contribution in [0.25, 0.3) is 6.08 Å². The van der Waals surface area contributed by atoms with Crippen LogP contribution in [0.15, 0.2) is 84.4 Å². The van der Waals surface area contributed by atoms with Crippen LogP contribution in [0, 0.1) is 11.3 Å². The molecule has 3 aromatic rings. The molecule has 0 unspecified atom stereocenters. The Bertz CT molecular complexity index is 1080. The molecule has 0 bridgehead atoms. The summed E-state index contributed by atoms with van der Waals surface area (Å²) in [5.74, 6) is -0.530. The molecule has 136 valence electrons. The van der Waals surface area contributed by atoms with Crippen LogP contribution >= 0.6 is 11.6 Å². The van der Waals surface area contributed by atoms with Gasteiger partial charge in [-0.2, -0.15) is 5.26 Å². The highest BCUT2D eigenvalue weighted by molar-refractivity contribution is 6.30. The van der Waals surface area contributed by atoms with Gasteiger partial charge in [0.25, 0.3) is 0 Å². The van der Waals surface area contributed by atoms with Crippen LogP contribution < -0.4 is 4.74 Å². The van der Waals surface area contributed by atoms with Gasteiger partial charge < -0.3 is 4.74 Å². The van der Waals surface area contributed by atoms with E-state index in [2.05, 4.69) is 0 Å².